The van der Waals surface area contributed by atoms with Crippen molar-refractivity contribution in [2.45, 2.75) is 77.5 Å². The van der Waals surface area contributed by atoms with E-state index in [4.69, 9.17) is 29.0 Å². The lowest BCUT2D eigenvalue weighted by Gasteiger charge is -2.26. The van der Waals surface area contributed by atoms with E-state index >= 15 is 0 Å². The summed E-state index contributed by atoms with van der Waals surface area (Å²) < 4.78 is 42.6. The maximum absolute atomic E-state index is 14.2. The molecule has 0 saturated carbocycles. The van der Waals surface area contributed by atoms with Crippen LogP contribution in [-0.2, 0) is 32.9 Å². The van der Waals surface area contributed by atoms with E-state index < -0.39 is 80.8 Å². The van der Waals surface area contributed by atoms with Gasteiger partial charge in [-0.25, -0.2) is 9.55 Å². The quantitative estimate of drug-likeness (QED) is 0.113. The summed E-state index contributed by atoms with van der Waals surface area (Å²) in [5.41, 5.74) is 4.70. The molecule has 1 saturated heterocycles. The van der Waals surface area contributed by atoms with Gasteiger partial charge in [-0.15, -0.1) is 0 Å². The zero-order valence-electron chi connectivity index (χ0n) is 26.2. The van der Waals surface area contributed by atoms with Crippen LogP contribution in [0.1, 0.15) is 63.7 Å². The van der Waals surface area contributed by atoms with E-state index in [0.29, 0.717) is 12.8 Å². The van der Waals surface area contributed by atoms with Crippen molar-refractivity contribution in [3.63, 3.8) is 0 Å². The van der Waals surface area contributed by atoms with E-state index in [2.05, 4.69) is 10.1 Å². The summed E-state index contributed by atoms with van der Waals surface area (Å²) in [7, 11) is -4.57. The smallest absolute Gasteiger partial charge is 0.459 e. The third-order valence-electron chi connectivity index (χ3n) is 6.86. The zero-order chi connectivity index (χ0) is 34.0. The van der Waals surface area contributed by atoms with Crippen LogP contribution in [0.25, 0.3) is 0 Å². The number of primary amides is 1. The summed E-state index contributed by atoms with van der Waals surface area (Å²) in [6.07, 6.45) is -4.52. The van der Waals surface area contributed by atoms with E-state index in [1.54, 1.807) is 18.2 Å². The van der Waals surface area contributed by atoms with Crippen LogP contribution in [0.15, 0.2) is 36.7 Å². The number of carbonyl (C=O) groups is 3. The minimum atomic E-state index is -4.57. The molecule has 17 heteroatoms. The second-order valence-electron chi connectivity index (χ2n) is 11.6. The molecule has 2 aromatic rings. The molecule has 46 heavy (non-hydrogen) atoms. The van der Waals surface area contributed by atoms with Crippen LogP contribution in [0.2, 0.25) is 0 Å². The molecule has 0 radical (unpaired) electrons. The van der Waals surface area contributed by atoms with Crippen molar-refractivity contribution in [1.82, 2.24) is 14.6 Å². The summed E-state index contributed by atoms with van der Waals surface area (Å²) in [6, 6.07) is 6.33. The second kappa shape index (κ2) is 16.9. The number of rotatable bonds is 18. The molecule has 256 valence electrons. The normalized spacial score (nSPS) is 21.6. The van der Waals surface area contributed by atoms with Gasteiger partial charge in [-0.3, -0.25) is 23.5 Å². The number of aliphatic hydroxyl groups is 2. The topological polar surface area (TPSA) is 231 Å². The second-order valence-corrected chi connectivity index (χ2v) is 13.3. The number of amides is 1. The van der Waals surface area contributed by atoms with Gasteiger partial charge in [-0.05, 0) is 36.8 Å². The highest BCUT2D eigenvalue weighted by Gasteiger charge is 2.46. The van der Waals surface area contributed by atoms with Gasteiger partial charge in [0.05, 0.1) is 26.2 Å². The molecule has 0 bridgehead atoms. The highest BCUT2D eigenvalue weighted by molar-refractivity contribution is 7.52. The number of carbonyl (C=O) groups excluding carboxylic acids is 3. The van der Waals surface area contributed by atoms with Crippen molar-refractivity contribution in [2.24, 2.45) is 17.6 Å². The first-order valence-corrected chi connectivity index (χ1v) is 16.4. The highest BCUT2D eigenvalue weighted by atomic mass is 31.2. The molecule has 1 amide bonds. The van der Waals surface area contributed by atoms with Crippen LogP contribution in [0.3, 0.4) is 0 Å². The van der Waals surface area contributed by atoms with Gasteiger partial charge in [0.25, 0.3) is 5.91 Å². The van der Waals surface area contributed by atoms with Gasteiger partial charge >= 0.3 is 19.7 Å². The summed E-state index contributed by atoms with van der Waals surface area (Å²) in [5.74, 6) is -2.81. The molecule has 1 aromatic heterocycles. The standard InChI is InChI=1S/C29H43N4O12P/c1-17(2)10-12-41-22(34)14-20(29(39)42-13-11-18(3)4)32-46(40,45-19-8-6-5-7-9-19)43-15-21-24(35)25(36)28(44-21)33-16-31-23(26(30)37)27(33)38/h5-9,16-18,20-21,24-25,28,35-36,38H,10-15H2,1-4H3,(H2,30,37)(H,32,40)/t20-,21+,24+,25+,28+,46?/m0/s1. The Bertz CT molecular complexity index is 1350. The fourth-order valence-corrected chi connectivity index (χ4v) is 5.70. The predicted octanol–water partition coefficient (Wildman–Crippen LogP) is 2.04. The van der Waals surface area contributed by atoms with Crippen molar-refractivity contribution >= 4 is 25.6 Å². The SMILES string of the molecule is CC(C)CCOC(=O)C[C@H](NP(=O)(OC[C@H]1O[C@@H](n2cnc(C(N)=O)c2O)[C@H](O)[C@@H]1O)Oc1ccccc1)C(=O)OCCC(C)C. The summed E-state index contributed by atoms with van der Waals surface area (Å²) >= 11 is 0. The Morgan fingerprint density at radius 2 is 1.67 bits per heavy atom. The molecule has 1 aromatic carbocycles. The maximum Gasteiger partial charge on any atom is 0.459 e. The lowest BCUT2D eigenvalue weighted by Crippen LogP contribution is -2.41. The average molecular weight is 671 g/mol. The van der Waals surface area contributed by atoms with Gasteiger partial charge in [0.1, 0.15) is 36.4 Å². The van der Waals surface area contributed by atoms with E-state index in [1.807, 2.05) is 27.7 Å². The first-order valence-electron chi connectivity index (χ1n) is 14.9. The van der Waals surface area contributed by atoms with Crippen molar-refractivity contribution in [1.29, 1.82) is 0 Å². The Morgan fingerprint density at radius 3 is 2.26 bits per heavy atom. The number of benzene rings is 1. The van der Waals surface area contributed by atoms with E-state index in [0.717, 1.165) is 10.9 Å². The summed E-state index contributed by atoms with van der Waals surface area (Å²) in [5, 5.41) is 34.1. The number of nitrogens with zero attached hydrogens (tertiary/aromatic N) is 2. The van der Waals surface area contributed by atoms with Crippen LogP contribution in [0.5, 0.6) is 11.6 Å². The van der Waals surface area contributed by atoms with Crippen LogP contribution in [0.4, 0.5) is 0 Å². The molecule has 1 aliphatic rings. The number of imidazole rings is 1. The van der Waals surface area contributed by atoms with Gasteiger partial charge in [-0.1, -0.05) is 45.9 Å². The minimum Gasteiger partial charge on any atom is -0.493 e. The monoisotopic (exact) mass is 670 g/mol. The lowest BCUT2D eigenvalue weighted by atomic mass is 10.1. The van der Waals surface area contributed by atoms with Gasteiger partial charge in [-0.2, -0.15) is 5.09 Å². The average Bonchev–Trinajstić information content (AvgIpc) is 3.50. The Kier molecular flexibility index (Phi) is 13.5. The molecule has 1 unspecified atom stereocenters. The summed E-state index contributed by atoms with van der Waals surface area (Å²) in [4.78, 5) is 41.0. The first-order chi connectivity index (χ1) is 21.7. The molecule has 0 spiro atoms. The van der Waals surface area contributed by atoms with Crippen LogP contribution in [0, 0.1) is 11.8 Å². The molecule has 6 atom stereocenters. The lowest BCUT2D eigenvalue weighted by molar-refractivity contribution is -0.152. The van der Waals surface area contributed by atoms with Crippen molar-refractivity contribution < 1.29 is 57.5 Å². The number of nitrogens with one attached hydrogen (secondary N) is 1. The fourth-order valence-electron chi connectivity index (χ4n) is 4.20. The number of ether oxygens (including phenoxy) is 3. The molecule has 0 aliphatic carbocycles. The molecule has 1 fully saturated rings. The van der Waals surface area contributed by atoms with Crippen molar-refractivity contribution in [3.8, 4) is 11.6 Å². The summed E-state index contributed by atoms with van der Waals surface area (Å²) in [6.45, 7) is 7.30. The van der Waals surface area contributed by atoms with Gasteiger partial charge in [0.15, 0.2) is 11.9 Å². The number of aromatic hydroxyl groups is 1. The van der Waals surface area contributed by atoms with E-state index in [-0.39, 0.29) is 30.8 Å². The predicted molar refractivity (Wildman–Crippen MR) is 161 cm³/mol. The largest absolute Gasteiger partial charge is 0.493 e. The van der Waals surface area contributed by atoms with Crippen LogP contribution < -0.4 is 15.3 Å². The van der Waals surface area contributed by atoms with Gasteiger partial charge < -0.3 is 39.8 Å². The highest BCUT2D eigenvalue weighted by Crippen LogP contribution is 2.46. The number of aromatic nitrogens is 2. The molecule has 1 aliphatic heterocycles. The van der Waals surface area contributed by atoms with Crippen LogP contribution in [-0.4, -0.2) is 86.9 Å². The van der Waals surface area contributed by atoms with Crippen molar-refractivity contribution in [3.05, 3.63) is 42.4 Å². The molecular weight excluding hydrogens is 627 g/mol. The molecular formula is C29H43N4O12P. The maximum atomic E-state index is 14.2. The Morgan fingerprint density at radius 1 is 1.04 bits per heavy atom. The third-order valence-corrected chi connectivity index (χ3v) is 8.43. The van der Waals surface area contributed by atoms with Gasteiger partial charge in [0, 0.05) is 0 Å². The Labute approximate surface area is 266 Å². The van der Waals surface area contributed by atoms with Crippen molar-refractivity contribution in [2.75, 3.05) is 19.8 Å². The molecule has 6 N–H and O–H groups in total. The molecule has 2 heterocycles. The minimum absolute atomic E-state index is 0.0434. The molecule has 3 rings (SSSR count). The number of aliphatic hydroxyl groups excluding tert-OH is 2. The molecule has 16 nitrogen and oxygen atoms in total. The van der Waals surface area contributed by atoms with E-state index in [9.17, 15) is 34.3 Å². The number of hydrogen-bond donors (Lipinski definition) is 5. The number of para-hydroxylation sites is 1. The third kappa shape index (κ3) is 10.5. The van der Waals surface area contributed by atoms with Crippen LogP contribution >= 0.6 is 7.75 Å². The Balaban J connectivity index is 1.81. The zero-order valence-corrected chi connectivity index (χ0v) is 27.1. The number of esters is 2. The fraction of sp³-hybridized carbons (Fsp3) is 0.586. The number of nitrogens with two attached hydrogens (primary N) is 1. The van der Waals surface area contributed by atoms with Gasteiger partial charge in [0.2, 0.25) is 5.88 Å². The first kappa shape index (κ1) is 36.9. The number of hydrogen-bond acceptors (Lipinski definition) is 13. The Hall–Kier alpha value is -3.53. The van der Waals surface area contributed by atoms with E-state index in [1.165, 1.54) is 12.1 Å².